The van der Waals surface area contributed by atoms with Gasteiger partial charge in [-0.3, -0.25) is 29.1 Å². The van der Waals surface area contributed by atoms with Crippen molar-refractivity contribution < 1.29 is 19.2 Å². The fourth-order valence-corrected chi connectivity index (χ4v) is 5.02. The summed E-state index contributed by atoms with van der Waals surface area (Å²) in [6.07, 6.45) is 4.47. The van der Waals surface area contributed by atoms with Crippen LogP contribution >= 0.6 is 0 Å². The molecule has 0 saturated carbocycles. The number of Topliss-reactive ketones (excluding diaryl/α,β-unsaturated/α-hetero) is 1. The summed E-state index contributed by atoms with van der Waals surface area (Å²) in [6.45, 7) is 2.19. The lowest BCUT2D eigenvalue weighted by atomic mass is 10.1. The second-order valence-electron chi connectivity index (χ2n) is 9.01. The fraction of sp³-hybridized carbons (Fsp3) is 0.346. The van der Waals surface area contributed by atoms with E-state index < -0.39 is 24.0 Å². The van der Waals surface area contributed by atoms with E-state index >= 15 is 0 Å². The molecule has 1 aromatic carbocycles. The average Bonchev–Trinajstić information content (AvgIpc) is 3.49. The first-order valence-corrected chi connectivity index (χ1v) is 12.1. The molecule has 10 heteroatoms. The summed E-state index contributed by atoms with van der Waals surface area (Å²) in [6, 6.07) is 10.3. The highest BCUT2D eigenvalue weighted by Gasteiger charge is 2.52. The van der Waals surface area contributed by atoms with Gasteiger partial charge in [0.1, 0.15) is 23.5 Å². The minimum Gasteiger partial charge on any atom is -0.339 e. The van der Waals surface area contributed by atoms with Crippen LogP contribution in [0.3, 0.4) is 0 Å². The minimum absolute atomic E-state index is 0.0635. The van der Waals surface area contributed by atoms with Crippen molar-refractivity contribution in [1.29, 1.82) is 0 Å². The van der Waals surface area contributed by atoms with E-state index in [4.69, 9.17) is 0 Å². The van der Waals surface area contributed by atoms with E-state index in [9.17, 15) is 19.2 Å². The number of benzene rings is 1. The van der Waals surface area contributed by atoms with Crippen molar-refractivity contribution in [3.63, 3.8) is 0 Å². The molecular weight excluding hydrogens is 460 g/mol. The molecule has 2 aliphatic rings. The maximum absolute atomic E-state index is 13.6. The van der Waals surface area contributed by atoms with Crippen LogP contribution in [-0.2, 0) is 9.59 Å². The number of hydrogen-bond acceptors (Lipinski definition) is 7. The number of ketones is 1. The molecule has 5 rings (SSSR count). The molecular formula is C26H26N6O4. The van der Waals surface area contributed by atoms with Crippen LogP contribution in [0.2, 0.25) is 0 Å². The van der Waals surface area contributed by atoms with Crippen LogP contribution in [0.4, 0.5) is 0 Å². The number of aromatic nitrogens is 3. The highest BCUT2D eigenvalue weighted by molar-refractivity contribution is 6.03. The molecule has 36 heavy (non-hydrogen) atoms. The lowest BCUT2D eigenvalue weighted by Gasteiger charge is -2.28. The van der Waals surface area contributed by atoms with Gasteiger partial charge in [0.15, 0.2) is 5.78 Å². The molecule has 2 aliphatic heterocycles. The minimum atomic E-state index is -0.817. The van der Waals surface area contributed by atoms with Crippen molar-refractivity contribution in [2.24, 2.45) is 0 Å². The lowest BCUT2D eigenvalue weighted by Crippen LogP contribution is -2.52. The first-order valence-electron chi connectivity index (χ1n) is 12.1. The predicted octanol–water partition coefficient (Wildman–Crippen LogP) is 1.62. The summed E-state index contributed by atoms with van der Waals surface area (Å²) in [4.78, 5) is 68.2. The zero-order valence-corrected chi connectivity index (χ0v) is 19.8. The summed E-state index contributed by atoms with van der Waals surface area (Å²) >= 11 is 0. The first-order chi connectivity index (χ1) is 17.5. The number of nitrogens with one attached hydrogen (secondary N) is 1. The Labute approximate surface area is 207 Å². The Bertz CT molecular complexity index is 1330. The molecule has 1 N–H and O–H groups in total. The smallest absolute Gasteiger partial charge is 0.273 e. The van der Waals surface area contributed by atoms with Crippen LogP contribution in [-0.4, -0.2) is 79.5 Å². The molecule has 0 bridgehead atoms. The molecule has 2 aromatic heterocycles. The molecule has 3 atom stereocenters. The maximum atomic E-state index is 13.6. The van der Waals surface area contributed by atoms with E-state index in [1.807, 2.05) is 19.1 Å². The number of rotatable bonds is 6. The van der Waals surface area contributed by atoms with E-state index in [0.29, 0.717) is 36.8 Å². The van der Waals surface area contributed by atoms with Crippen LogP contribution in [0, 0.1) is 0 Å². The zero-order chi connectivity index (χ0) is 25.2. The van der Waals surface area contributed by atoms with Crippen molar-refractivity contribution in [2.75, 3.05) is 13.1 Å². The third kappa shape index (κ3) is 4.30. The largest absolute Gasteiger partial charge is 0.339 e. The number of fused-ring (bicyclic) bond motifs is 2. The van der Waals surface area contributed by atoms with E-state index in [-0.39, 0.29) is 35.5 Å². The average molecular weight is 487 g/mol. The van der Waals surface area contributed by atoms with Gasteiger partial charge < -0.3 is 15.1 Å². The predicted molar refractivity (Wildman–Crippen MR) is 130 cm³/mol. The zero-order valence-electron chi connectivity index (χ0n) is 19.8. The normalized spacial score (nSPS) is 19.9. The number of pyridine rings is 1. The van der Waals surface area contributed by atoms with E-state index in [1.165, 1.54) is 22.2 Å². The Morgan fingerprint density at radius 2 is 1.81 bits per heavy atom. The Balaban J connectivity index is 1.32. The fourth-order valence-electron chi connectivity index (χ4n) is 5.02. The molecule has 3 unspecified atom stereocenters. The molecule has 0 radical (unpaired) electrons. The number of para-hydroxylation sites is 2. The van der Waals surface area contributed by atoms with Crippen LogP contribution in [0.5, 0.6) is 0 Å². The van der Waals surface area contributed by atoms with Gasteiger partial charge in [-0.1, -0.05) is 31.5 Å². The molecule has 0 spiro atoms. The van der Waals surface area contributed by atoms with Gasteiger partial charge in [-0.05, 0) is 37.1 Å². The summed E-state index contributed by atoms with van der Waals surface area (Å²) in [5.74, 6) is -1.33. The summed E-state index contributed by atoms with van der Waals surface area (Å²) in [5.41, 5.74) is 1.64. The van der Waals surface area contributed by atoms with E-state index in [0.717, 1.165) is 0 Å². The lowest BCUT2D eigenvalue weighted by molar-refractivity contribution is -0.138. The summed E-state index contributed by atoms with van der Waals surface area (Å²) < 4.78 is 0. The van der Waals surface area contributed by atoms with Crippen LogP contribution < -0.4 is 5.32 Å². The Kier molecular flexibility index (Phi) is 6.41. The number of carbonyl (C=O) groups excluding carboxylic acids is 4. The summed E-state index contributed by atoms with van der Waals surface area (Å²) in [5, 5.41) is 2.80. The number of amides is 3. The number of likely N-dealkylation sites (tertiary alicyclic amines) is 2. The van der Waals surface area contributed by atoms with Crippen LogP contribution in [0.15, 0.2) is 54.9 Å². The van der Waals surface area contributed by atoms with Crippen molar-refractivity contribution in [3.05, 3.63) is 66.2 Å². The molecule has 3 amide bonds. The molecule has 0 aliphatic carbocycles. The van der Waals surface area contributed by atoms with E-state index in [1.54, 1.807) is 30.3 Å². The second kappa shape index (κ2) is 9.80. The third-order valence-electron chi connectivity index (χ3n) is 6.71. The molecule has 2 saturated heterocycles. The van der Waals surface area contributed by atoms with E-state index in [2.05, 4.69) is 20.3 Å². The highest BCUT2D eigenvalue weighted by Crippen LogP contribution is 2.31. The quantitative estimate of drug-likeness (QED) is 0.561. The van der Waals surface area contributed by atoms with Gasteiger partial charge >= 0.3 is 0 Å². The topological polar surface area (TPSA) is 125 Å². The molecule has 2 fully saturated rings. The third-order valence-corrected chi connectivity index (χ3v) is 6.71. The maximum Gasteiger partial charge on any atom is 0.273 e. The van der Waals surface area contributed by atoms with Crippen molar-refractivity contribution in [2.45, 2.75) is 44.3 Å². The number of hydrogen-bond donors (Lipinski definition) is 1. The number of nitrogens with zero attached hydrogens (tertiary/aromatic N) is 5. The van der Waals surface area contributed by atoms with Gasteiger partial charge in [-0.25, -0.2) is 4.98 Å². The monoisotopic (exact) mass is 486 g/mol. The SMILES string of the molecule is CCCC(NC(=O)c1cnc2ccccc2n1)C(=O)N1CCC2C1C(=O)CN2C(=O)c1ccccn1. The van der Waals surface area contributed by atoms with Gasteiger partial charge in [0.05, 0.1) is 29.8 Å². The Hall–Kier alpha value is -4.21. The van der Waals surface area contributed by atoms with Gasteiger partial charge in [-0.15, -0.1) is 0 Å². The molecule has 184 valence electrons. The van der Waals surface area contributed by atoms with Crippen LogP contribution in [0.1, 0.15) is 47.2 Å². The standard InChI is InChI=1S/C26H26N6O4/c1-2-7-19(30-24(34)20-14-28-16-8-3-4-9-17(16)29-20)26(36)31-13-11-21-23(31)22(33)15-32(21)25(35)18-10-5-6-12-27-18/h3-6,8-10,12,14,19,21,23H,2,7,11,13,15H2,1H3,(H,30,34). The van der Waals surface area contributed by atoms with Gasteiger partial charge in [-0.2, -0.15) is 0 Å². The number of carbonyl (C=O) groups is 4. The Morgan fingerprint density at radius 1 is 1.03 bits per heavy atom. The molecule has 10 nitrogen and oxygen atoms in total. The molecule has 3 aromatic rings. The molecule has 4 heterocycles. The Morgan fingerprint density at radius 3 is 2.56 bits per heavy atom. The highest BCUT2D eigenvalue weighted by atomic mass is 16.2. The van der Waals surface area contributed by atoms with Crippen molar-refractivity contribution in [3.8, 4) is 0 Å². The second-order valence-corrected chi connectivity index (χ2v) is 9.01. The first kappa shape index (κ1) is 23.5. The van der Waals surface area contributed by atoms with Gasteiger partial charge in [0.2, 0.25) is 5.91 Å². The van der Waals surface area contributed by atoms with Crippen LogP contribution in [0.25, 0.3) is 11.0 Å². The van der Waals surface area contributed by atoms with Crippen molar-refractivity contribution in [1.82, 2.24) is 30.1 Å². The summed E-state index contributed by atoms with van der Waals surface area (Å²) in [7, 11) is 0. The van der Waals surface area contributed by atoms with Gasteiger partial charge in [0.25, 0.3) is 11.8 Å². The van der Waals surface area contributed by atoms with Gasteiger partial charge in [0, 0.05) is 12.7 Å². The van der Waals surface area contributed by atoms with Crippen molar-refractivity contribution >= 4 is 34.5 Å².